The molecule has 1 aliphatic rings. The molecule has 1 N–H and O–H groups in total. The molecule has 1 aromatic rings. The molecular formula is C12H17BrN2. The summed E-state index contributed by atoms with van der Waals surface area (Å²) in [5, 5.41) is 3.37. The number of hydrogen-bond acceptors (Lipinski definition) is 2. The van der Waals surface area contributed by atoms with E-state index in [4.69, 9.17) is 0 Å². The molecule has 82 valence electrons. The van der Waals surface area contributed by atoms with Gasteiger partial charge in [-0.25, -0.2) is 0 Å². The van der Waals surface area contributed by atoms with Gasteiger partial charge in [0.05, 0.1) is 5.69 Å². The number of piperidine rings is 1. The molecule has 1 aromatic carbocycles. The van der Waals surface area contributed by atoms with Crippen LogP contribution < -0.4 is 10.2 Å². The number of halogens is 1. The number of likely N-dealkylation sites (N-methyl/N-ethyl adjacent to an activating group) is 1. The Morgan fingerprint density at radius 1 is 1.40 bits per heavy atom. The third kappa shape index (κ3) is 2.52. The van der Waals surface area contributed by atoms with Crippen LogP contribution in [-0.4, -0.2) is 26.2 Å². The van der Waals surface area contributed by atoms with E-state index in [1.165, 1.54) is 29.5 Å². The molecule has 1 heterocycles. The van der Waals surface area contributed by atoms with Crippen LogP contribution in [0.1, 0.15) is 12.8 Å². The third-order valence-corrected chi connectivity index (χ3v) is 3.69. The van der Waals surface area contributed by atoms with Crippen LogP contribution in [0.5, 0.6) is 0 Å². The zero-order valence-corrected chi connectivity index (χ0v) is 10.6. The summed E-state index contributed by atoms with van der Waals surface area (Å²) in [5.74, 6) is 0. The van der Waals surface area contributed by atoms with Crippen molar-refractivity contribution < 1.29 is 0 Å². The number of nitrogens with one attached hydrogen (secondary N) is 1. The van der Waals surface area contributed by atoms with Crippen molar-refractivity contribution in [2.75, 3.05) is 25.0 Å². The summed E-state index contributed by atoms with van der Waals surface area (Å²) >= 11 is 3.61. The molecule has 1 saturated heterocycles. The lowest BCUT2D eigenvalue weighted by molar-refractivity contribution is 0.449. The topological polar surface area (TPSA) is 15.3 Å². The van der Waals surface area contributed by atoms with E-state index in [-0.39, 0.29) is 0 Å². The Bertz CT molecular complexity index is 327. The van der Waals surface area contributed by atoms with Crippen LogP contribution in [0.25, 0.3) is 0 Å². The molecule has 1 atom stereocenters. The largest absolute Gasteiger partial charge is 0.369 e. The average Bonchev–Trinajstić information content (AvgIpc) is 2.30. The molecule has 0 bridgehead atoms. The van der Waals surface area contributed by atoms with Gasteiger partial charge in [0, 0.05) is 23.6 Å². The minimum absolute atomic E-state index is 0.630. The molecule has 0 amide bonds. The highest BCUT2D eigenvalue weighted by molar-refractivity contribution is 9.10. The Morgan fingerprint density at radius 2 is 2.20 bits per heavy atom. The molecule has 0 aliphatic carbocycles. The molecule has 0 radical (unpaired) electrons. The second kappa shape index (κ2) is 4.99. The fraction of sp³-hybridized carbons (Fsp3) is 0.500. The zero-order valence-electron chi connectivity index (χ0n) is 9.04. The lowest BCUT2D eigenvalue weighted by Gasteiger charge is -2.34. The number of rotatable bonds is 2. The molecule has 0 saturated carbocycles. The Hall–Kier alpha value is -0.540. The molecular weight excluding hydrogens is 252 g/mol. The first-order valence-corrected chi connectivity index (χ1v) is 6.27. The van der Waals surface area contributed by atoms with Crippen LogP contribution in [0.4, 0.5) is 5.69 Å². The van der Waals surface area contributed by atoms with Gasteiger partial charge in [-0.1, -0.05) is 12.1 Å². The number of anilines is 1. The first kappa shape index (κ1) is 11.0. The van der Waals surface area contributed by atoms with E-state index in [0.717, 1.165) is 6.54 Å². The summed E-state index contributed by atoms with van der Waals surface area (Å²) in [7, 11) is 2.05. The summed E-state index contributed by atoms with van der Waals surface area (Å²) in [6, 6.07) is 9.09. The second-order valence-electron chi connectivity index (χ2n) is 4.03. The predicted octanol–water partition coefficient (Wildman–Crippen LogP) is 2.64. The molecule has 15 heavy (non-hydrogen) atoms. The first-order valence-electron chi connectivity index (χ1n) is 5.48. The second-order valence-corrected chi connectivity index (χ2v) is 4.88. The minimum atomic E-state index is 0.630. The van der Waals surface area contributed by atoms with Crippen LogP contribution in [0.3, 0.4) is 0 Å². The van der Waals surface area contributed by atoms with E-state index in [2.05, 4.69) is 50.4 Å². The van der Waals surface area contributed by atoms with Crippen molar-refractivity contribution >= 4 is 21.6 Å². The lowest BCUT2D eigenvalue weighted by Crippen LogP contribution is -2.44. The lowest BCUT2D eigenvalue weighted by atomic mass is 10.1. The van der Waals surface area contributed by atoms with Gasteiger partial charge in [0.2, 0.25) is 0 Å². The normalized spacial score (nSPS) is 21.7. The van der Waals surface area contributed by atoms with E-state index in [1.807, 2.05) is 7.05 Å². The molecule has 1 aliphatic heterocycles. The van der Waals surface area contributed by atoms with Crippen LogP contribution >= 0.6 is 15.9 Å². The van der Waals surface area contributed by atoms with E-state index < -0.39 is 0 Å². The van der Waals surface area contributed by atoms with Gasteiger partial charge in [-0.15, -0.1) is 0 Å². The predicted molar refractivity (Wildman–Crippen MR) is 68.4 cm³/mol. The maximum absolute atomic E-state index is 3.61. The minimum Gasteiger partial charge on any atom is -0.369 e. The summed E-state index contributed by atoms with van der Waals surface area (Å²) in [5.41, 5.74) is 1.32. The monoisotopic (exact) mass is 268 g/mol. The Balaban J connectivity index is 2.13. The number of para-hydroxylation sites is 1. The van der Waals surface area contributed by atoms with Gasteiger partial charge < -0.3 is 10.2 Å². The SMILES string of the molecule is CNC1CCCN(c2ccccc2Br)C1. The van der Waals surface area contributed by atoms with Crippen molar-refractivity contribution in [3.05, 3.63) is 28.7 Å². The van der Waals surface area contributed by atoms with Crippen molar-refractivity contribution in [3.8, 4) is 0 Å². The standard InChI is InChI=1S/C12H17BrN2/c1-14-10-5-4-8-15(9-10)12-7-3-2-6-11(12)13/h2-3,6-7,10,14H,4-5,8-9H2,1H3. The van der Waals surface area contributed by atoms with Crippen molar-refractivity contribution in [3.63, 3.8) is 0 Å². The highest BCUT2D eigenvalue weighted by Crippen LogP contribution is 2.27. The van der Waals surface area contributed by atoms with Crippen LogP contribution in [0.15, 0.2) is 28.7 Å². The van der Waals surface area contributed by atoms with E-state index in [0.29, 0.717) is 6.04 Å². The smallest absolute Gasteiger partial charge is 0.0511 e. The van der Waals surface area contributed by atoms with Gasteiger partial charge in [0.15, 0.2) is 0 Å². The van der Waals surface area contributed by atoms with Crippen molar-refractivity contribution in [1.29, 1.82) is 0 Å². The molecule has 1 unspecified atom stereocenters. The van der Waals surface area contributed by atoms with Crippen LogP contribution in [0.2, 0.25) is 0 Å². The third-order valence-electron chi connectivity index (χ3n) is 3.02. The fourth-order valence-corrected chi connectivity index (χ4v) is 2.68. The maximum Gasteiger partial charge on any atom is 0.0511 e. The first-order chi connectivity index (χ1) is 7.31. The quantitative estimate of drug-likeness (QED) is 0.888. The highest BCUT2D eigenvalue weighted by atomic mass is 79.9. The van der Waals surface area contributed by atoms with Crippen molar-refractivity contribution in [1.82, 2.24) is 5.32 Å². The Morgan fingerprint density at radius 3 is 2.93 bits per heavy atom. The van der Waals surface area contributed by atoms with E-state index >= 15 is 0 Å². The highest BCUT2D eigenvalue weighted by Gasteiger charge is 2.19. The van der Waals surface area contributed by atoms with E-state index in [9.17, 15) is 0 Å². The number of nitrogens with zero attached hydrogens (tertiary/aromatic N) is 1. The van der Waals surface area contributed by atoms with Gasteiger partial charge in [-0.05, 0) is 48.0 Å². The average molecular weight is 269 g/mol. The van der Waals surface area contributed by atoms with Crippen molar-refractivity contribution in [2.45, 2.75) is 18.9 Å². The molecule has 1 fully saturated rings. The fourth-order valence-electron chi connectivity index (χ4n) is 2.14. The zero-order chi connectivity index (χ0) is 10.7. The maximum atomic E-state index is 3.61. The summed E-state index contributed by atoms with van der Waals surface area (Å²) in [6.07, 6.45) is 2.56. The van der Waals surface area contributed by atoms with Gasteiger partial charge in [0.25, 0.3) is 0 Å². The van der Waals surface area contributed by atoms with E-state index in [1.54, 1.807) is 0 Å². The Labute approximate surface area is 99.8 Å². The number of benzene rings is 1. The molecule has 2 nitrogen and oxygen atoms in total. The summed E-state index contributed by atoms with van der Waals surface area (Å²) in [4.78, 5) is 2.45. The molecule has 0 spiro atoms. The molecule has 2 rings (SSSR count). The van der Waals surface area contributed by atoms with Gasteiger partial charge in [-0.2, -0.15) is 0 Å². The molecule has 3 heteroatoms. The Kier molecular flexibility index (Phi) is 3.65. The molecule has 0 aromatic heterocycles. The van der Waals surface area contributed by atoms with Crippen LogP contribution in [0, 0.1) is 0 Å². The van der Waals surface area contributed by atoms with Gasteiger partial charge in [-0.3, -0.25) is 0 Å². The van der Waals surface area contributed by atoms with Gasteiger partial charge in [0.1, 0.15) is 0 Å². The summed E-state index contributed by atoms with van der Waals surface area (Å²) < 4.78 is 1.20. The van der Waals surface area contributed by atoms with Gasteiger partial charge >= 0.3 is 0 Å². The summed E-state index contributed by atoms with van der Waals surface area (Å²) in [6.45, 7) is 2.28. The van der Waals surface area contributed by atoms with Crippen molar-refractivity contribution in [2.24, 2.45) is 0 Å². The van der Waals surface area contributed by atoms with Crippen LogP contribution in [-0.2, 0) is 0 Å². The number of hydrogen-bond donors (Lipinski definition) is 1.